The van der Waals surface area contributed by atoms with Gasteiger partial charge in [-0.1, -0.05) is 12.2 Å². The number of hydroxylamine groups is 1. The summed E-state index contributed by atoms with van der Waals surface area (Å²) in [6.07, 6.45) is 3.86. The molecule has 0 aromatic rings. The van der Waals surface area contributed by atoms with E-state index < -0.39 is 6.03 Å². The molecule has 0 spiro atoms. The molecule has 0 saturated heterocycles. The number of nitrogens with zero attached hydrogens (tertiary/aromatic N) is 1. The summed E-state index contributed by atoms with van der Waals surface area (Å²) in [7, 11) is 0. The summed E-state index contributed by atoms with van der Waals surface area (Å²) in [5.41, 5.74) is 1.61. The highest BCUT2D eigenvalue weighted by molar-refractivity contribution is 5.74. The van der Waals surface area contributed by atoms with Crippen LogP contribution in [0.3, 0.4) is 0 Å². The quantitative estimate of drug-likeness (QED) is 0.308. The highest BCUT2D eigenvalue weighted by Gasteiger charge is 2.26. The zero-order valence-electron chi connectivity index (χ0n) is 6.61. The van der Waals surface area contributed by atoms with E-state index in [0.29, 0.717) is 0 Å². The van der Waals surface area contributed by atoms with Crippen LogP contribution in [0.2, 0.25) is 0 Å². The van der Waals surface area contributed by atoms with Crippen LogP contribution in [0.15, 0.2) is 12.2 Å². The van der Waals surface area contributed by atoms with E-state index in [9.17, 15) is 4.79 Å². The maximum atomic E-state index is 11.0. The number of rotatable bonds is 0. The number of amides is 2. The summed E-state index contributed by atoms with van der Waals surface area (Å²) in [5, 5.41) is 8.36. The zero-order chi connectivity index (χ0) is 8.43. The molecule has 2 atom stereocenters. The largest absolute Gasteiger partial charge is 0.342 e. The Labute approximate surface area is 65.5 Å². The van der Waals surface area contributed by atoms with Gasteiger partial charge >= 0.3 is 6.03 Å². The molecule has 11 heavy (non-hydrogen) atoms. The van der Waals surface area contributed by atoms with Gasteiger partial charge in [0, 0.05) is 12.1 Å². The van der Waals surface area contributed by atoms with Crippen LogP contribution >= 0.6 is 0 Å². The van der Waals surface area contributed by atoms with Crippen molar-refractivity contribution in [2.75, 3.05) is 0 Å². The molecule has 0 fully saturated rings. The van der Waals surface area contributed by atoms with Crippen LogP contribution in [0.25, 0.3) is 0 Å². The van der Waals surface area contributed by atoms with Gasteiger partial charge in [0.05, 0.1) is 0 Å². The number of carbonyl (C=O) groups excluding carboxylic acids is 1. The summed E-state index contributed by atoms with van der Waals surface area (Å²) < 4.78 is 0. The highest BCUT2D eigenvalue weighted by atomic mass is 16.5. The summed E-state index contributed by atoms with van der Waals surface area (Å²) in [4.78, 5) is 12.5. The molecule has 0 saturated carbocycles. The Balaban J connectivity index is 2.65. The molecule has 4 heteroatoms. The molecule has 62 valence electrons. The maximum Gasteiger partial charge on any atom is 0.342 e. The van der Waals surface area contributed by atoms with Gasteiger partial charge in [-0.2, -0.15) is 0 Å². The standard InChI is InChI=1S/C7H12N2O2/c1-5-3-4-6(2)9(5)7(10)8-11/h3-6,11H,1-2H3,(H,8,10)/t5-,6-/m0/s1. The fraction of sp³-hybridized carbons (Fsp3) is 0.571. The van der Waals surface area contributed by atoms with Gasteiger partial charge in [-0.15, -0.1) is 0 Å². The Morgan fingerprint density at radius 3 is 2.27 bits per heavy atom. The Kier molecular flexibility index (Phi) is 2.14. The molecule has 0 unspecified atom stereocenters. The number of urea groups is 1. The Morgan fingerprint density at radius 1 is 1.45 bits per heavy atom. The average molecular weight is 156 g/mol. The second-order valence-electron chi connectivity index (χ2n) is 2.69. The molecule has 1 aliphatic heterocycles. The molecule has 1 aliphatic rings. The molecule has 2 N–H and O–H groups in total. The van der Waals surface area contributed by atoms with E-state index in [0.717, 1.165) is 0 Å². The predicted octanol–water partition coefficient (Wildman–Crippen LogP) is 0.734. The lowest BCUT2D eigenvalue weighted by molar-refractivity contribution is 0.121. The van der Waals surface area contributed by atoms with Crippen LogP contribution in [0.5, 0.6) is 0 Å². The van der Waals surface area contributed by atoms with Crippen molar-refractivity contribution >= 4 is 6.03 Å². The van der Waals surface area contributed by atoms with Gasteiger partial charge in [0.15, 0.2) is 0 Å². The lowest BCUT2D eigenvalue weighted by Crippen LogP contribution is -2.44. The van der Waals surface area contributed by atoms with Crippen LogP contribution in [0, 0.1) is 0 Å². The van der Waals surface area contributed by atoms with Crippen molar-refractivity contribution in [1.82, 2.24) is 10.4 Å². The van der Waals surface area contributed by atoms with Crippen molar-refractivity contribution in [3.63, 3.8) is 0 Å². The Morgan fingerprint density at radius 2 is 1.91 bits per heavy atom. The van der Waals surface area contributed by atoms with Crippen LogP contribution in [0.1, 0.15) is 13.8 Å². The molecule has 0 radical (unpaired) electrons. The number of nitrogens with one attached hydrogen (secondary N) is 1. The first-order valence-corrected chi connectivity index (χ1v) is 3.57. The molecular formula is C7H12N2O2. The SMILES string of the molecule is C[C@H]1C=C[C@H](C)N1C(=O)NO. The van der Waals surface area contributed by atoms with Crippen LogP contribution in [-0.4, -0.2) is 28.2 Å². The van der Waals surface area contributed by atoms with Gasteiger partial charge < -0.3 is 4.90 Å². The minimum Gasteiger partial charge on any atom is -0.311 e. The van der Waals surface area contributed by atoms with Gasteiger partial charge in [0.25, 0.3) is 0 Å². The molecule has 0 aliphatic carbocycles. The van der Waals surface area contributed by atoms with Crippen LogP contribution in [0.4, 0.5) is 4.79 Å². The van der Waals surface area contributed by atoms with Crippen molar-refractivity contribution in [2.24, 2.45) is 0 Å². The van der Waals surface area contributed by atoms with E-state index in [1.165, 1.54) is 0 Å². The van der Waals surface area contributed by atoms with E-state index in [4.69, 9.17) is 5.21 Å². The second-order valence-corrected chi connectivity index (χ2v) is 2.69. The lowest BCUT2D eigenvalue weighted by atomic mass is 10.3. The molecule has 0 aromatic carbocycles. The monoisotopic (exact) mass is 156 g/mol. The minimum atomic E-state index is -0.449. The third kappa shape index (κ3) is 1.35. The molecule has 0 aromatic heterocycles. The first-order chi connectivity index (χ1) is 5.16. The highest BCUT2D eigenvalue weighted by Crippen LogP contribution is 2.15. The van der Waals surface area contributed by atoms with Crippen molar-refractivity contribution < 1.29 is 10.0 Å². The summed E-state index contributed by atoms with van der Waals surface area (Å²) >= 11 is 0. The molecule has 0 bridgehead atoms. The van der Waals surface area contributed by atoms with Crippen LogP contribution < -0.4 is 5.48 Å². The van der Waals surface area contributed by atoms with Crippen molar-refractivity contribution in [3.05, 3.63) is 12.2 Å². The van der Waals surface area contributed by atoms with Gasteiger partial charge in [-0.3, -0.25) is 5.21 Å². The predicted molar refractivity (Wildman–Crippen MR) is 40.2 cm³/mol. The van der Waals surface area contributed by atoms with E-state index in [1.54, 1.807) is 10.4 Å². The summed E-state index contributed by atoms with van der Waals surface area (Å²) in [6.45, 7) is 3.80. The summed E-state index contributed by atoms with van der Waals surface area (Å²) in [6, 6.07) is -0.315. The number of hydrogen-bond acceptors (Lipinski definition) is 2. The Hall–Kier alpha value is -1.03. The lowest BCUT2D eigenvalue weighted by Gasteiger charge is -2.24. The Bertz CT molecular complexity index is 179. The van der Waals surface area contributed by atoms with Gasteiger partial charge in [-0.05, 0) is 13.8 Å². The smallest absolute Gasteiger partial charge is 0.311 e. The van der Waals surface area contributed by atoms with E-state index in [1.807, 2.05) is 26.0 Å². The fourth-order valence-corrected chi connectivity index (χ4v) is 1.31. The molecule has 1 rings (SSSR count). The zero-order valence-corrected chi connectivity index (χ0v) is 6.61. The maximum absolute atomic E-state index is 11.0. The number of hydrogen-bond donors (Lipinski definition) is 2. The van der Waals surface area contributed by atoms with Crippen molar-refractivity contribution in [3.8, 4) is 0 Å². The van der Waals surface area contributed by atoms with E-state index in [-0.39, 0.29) is 12.1 Å². The normalized spacial score (nSPS) is 29.2. The van der Waals surface area contributed by atoms with Crippen LogP contribution in [-0.2, 0) is 0 Å². The number of carbonyl (C=O) groups is 1. The van der Waals surface area contributed by atoms with E-state index in [2.05, 4.69) is 0 Å². The van der Waals surface area contributed by atoms with Crippen molar-refractivity contribution in [2.45, 2.75) is 25.9 Å². The minimum absolute atomic E-state index is 0.0668. The molecular weight excluding hydrogens is 144 g/mol. The van der Waals surface area contributed by atoms with Gasteiger partial charge in [-0.25, -0.2) is 10.3 Å². The second kappa shape index (κ2) is 2.92. The van der Waals surface area contributed by atoms with Gasteiger partial charge in [0.2, 0.25) is 0 Å². The first kappa shape index (κ1) is 8.07. The van der Waals surface area contributed by atoms with Gasteiger partial charge in [0.1, 0.15) is 0 Å². The topological polar surface area (TPSA) is 52.6 Å². The molecule has 1 heterocycles. The third-order valence-corrected chi connectivity index (χ3v) is 1.88. The average Bonchev–Trinajstić information content (AvgIpc) is 2.30. The summed E-state index contributed by atoms with van der Waals surface area (Å²) in [5.74, 6) is 0. The first-order valence-electron chi connectivity index (χ1n) is 3.57. The molecule has 2 amide bonds. The molecule has 4 nitrogen and oxygen atoms in total. The fourth-order valence-electron chi connectivity index (χ4n) is 1.31. The van der Waals surface area contributed by atoms with E-state index >= 15 is 0 Å². The third-order valence-electron chi connectivity index (χ3n) is 1.88. The van der Waals surface area contributed by atoms with Crippen molar-refractivity contribution in [1.29, 1.82) is 0 Å².